The van der Waals surface area contributed by atoms with Gasteiger partial charge >= 0.3 is 0 Å². The molecule has 0 aromatic heterocycles. The highest BCUT2D eigenvalue weighted by Crippen LogP contribution is 2.26. The lowest BCUT2D eigenvalue weighted by Gasteiger charge is -2.21. The average Bonchev–Trinajstić information content (AvgIpc) is 2.42. The number of allylic oxidation sites excluding steroid dienone is 5. The minimum absolute atomic E-state index is 0.0749. The van der Waals surface area contributed by atoms with Crippen molar-refractivity contribution in [3.8, 4) is 12.1 Å². The molecule has 0 rings (SSSR count). The second kappa shape index (κ2) is 9.08. The molecule has 0 aliphatic heterocycles. The SMILES string of the molecule is C=C(C=C(C#N)C#N)S/C(=C\C)CN(C)/C(C)=C\C. The zero-order valence-corrected chi connectivity index (χ0v) is 12.7. The standard InChI is InChI=1S/C15H19N3S/c1-6-12(3)18(5)11-15(7-2)19-13(4)8-14(9-16)10-17/h6-8H,4,11H2,1-3,5H3/b12-6-,15-7-. The quantitative estimate of drug-likeness (QED) is 0.543. The van der Waals surface area contributed by atoms with Crippen molar-refractivity contribution in [2.75, 3.05) is 13.6 Å². The summed E-state index contributed by atoms with van der Waals surface area (Å²) in [6.07, 6.45) is 5.58. The summed E-state index contributed by atoms with van der Waals surface area (Å²) >= 11 is 1.48. The molecule has 0 aromatic rings. The Labute approximate surface area is 120 Å². The minimum atomic E-state index is 0.0749. The van der Waals surface area contributed by atoms with E-state index in [0.29, 0.717) is 4.91 Å². The molecule has 0 fully saturated rings. The molecule has 0 heterocycles. The molecule has 100 valence electrons. The van der Waals surface area contributed by atoms with Crippen molar-refractivity contribution >= 4 is 11.8 Å². The molecule has 0 aliphatic carbocycles. The van der Waals surface area contributed by atoms with Crippen LogP contribution in [0.4, 0.5) is 0 Å². The third-order valence-electron chi connectivity index (χ3n) is 2.54. The van der Waals surface area contributed by atoms with Gasteiger partial charge in [-0.1, -0.05) is 30.5 Å². The first-order chi connectivity index (χ1) is 8.98. The van der Waals surface area contributed by atoms with Crippen molar-refractivity contribution in [3.05, 3.63) is 45.9 Å². The van der Waals surface area contributed by atoms with Crippen molar-refractivity contribution in [1.29, 1.82) is 10.5 Å². The Kier molecular flexibility index (Phi) is 8.17. The molecule has 0 aromatic carbocycles. The molecule has 0 bridgehead atoms. The van der Waals surface area contributed by atoms with E-state index in [1.165, 1.54) is 23.5 Å². The molecule has 0 radical (unpaired) electrons. The fourth-order valence-electron chi connectivity index (χ4n) is 1.21. The summed E-state index contributed by atoms with van der Waals surface area (Å²) in [4.78, 5) is 3.95. The smallest absolute Gasteiger partial charge is 0.130 e. The maximum atomic E-state index is 8.69. The number of nitriles is 2. The molecular formula is C15H19N3S. The Bertz CT molecular complexity index is 482. The van der Waals surface area contributed by atoms with Gasteiger partial charge in [-0.05, 0) is 26.8 Å². The van der Waals surface area contributed by atoms with Crippen LogP contribution in [-0.4, -0.2) is 18.5 Å². The van der Waals surface area contributed by atoms with E-state index in [-0.39, 0.29) is 5.57 Å². The summed E-state index contributed by atoms with van der Waals surface area (Å²) in [5.74, 6) is 0. The van der Waals surface area contributed by atoms with E-state index >= 15 is 0 Å². The summed E-state index contributed by atoms with van der Waals surface area (Å²) in [5, 5.41) is 17.4. The summed E-state index contributed by atoms with van der Waals surface area (Å²) in [6.45, 7) is 10.7. The Morgan fingerprint density at radius 3 is 2.26 bits per heavy atom. The van der Waals surface area contributed by atoms with Crippen LogP contribution in [0.25, 0.3) is 0 Å². The molecule has 0 N–H and O–H groups in total. The van der Waals surface area contributed by atoms with Crippen LogP contribution in [0.1, 0.15) is 20.8 Å². The van der Waals surface area contributed by atoms with Gasteiger partial charge in [-0.15, -0.1) is 0 Å². The highest BCUT2D eigenvalue weighted by atomic mass is 32.2. The van der Waals surface area contributed by atoms with Crippen molar-refractivity contribution in [2.45, 2.75) is 20.8 Å². The van der Waals surface area contributed by atoms with Gasteiger partial charge < -0.3 is 4.90 Å². The molecule has 0 saturated carbocycles. The normalized spacial score (nSPS) is 11.3. The maximum Gasteiger partial charge on any atom is 0.130 e. The predicted molar refractivity (Wildman–Crippen MR) is 81.9 cm³/mol. The van der Waals surface area contributed by atoms with Gasteiger partial charge in [-0.25, -0.2) is 0 Å². The average molecular weight is 273 g/mol. The van der Waals surface area contributed by atoms with E-state index in [1.54, 1.807) is 0 Å². The van der Waals surface area contributed by atoms with Crippen LogP contribution in [0, 0.1) is 22.7 Å². The van der Waals surface area contributed by atoms with E-state index < -0.39 is 0 Å². The summed E-state index contributed by atoms with van der Waals surface area (Å²) in [6, 6.07) is 3.66. The first-order valence-corrected chi connectivity index (χ1v) is 6.68. The molecular weight excluding hydrogens is 254 g/mol. The summed E-state index contributed by atoms with van der Waals surface area (Å²) in [7, 11) is 2.02. The van der Waals surface area contributed by atoms with Gasteiger partial charge in [-0.3, -0.25) is 0 Å². The van der Waals surface area contributed by atoms with Crippen LogP contribution in [0.5, 0.6) is 0 Å². The second-order valence-corrected chi connectivity index (χ2v) is 5.14. The number of nitrogens with zero attached hydrogens (tertiary/aromatic N) is 3. The minimum Gasteiger partial charge on any atom is -0.374 e. The second-order valence-electron chi connectivity index (χ2n) is 3.89. The Morgan fingerprint density at radius 1 is 1.26 bits per heavy atom. The molecule has 4 heteroatoms. The van der Waals surface area contributed by atoms with Gasteiger partial charge in [0.1, 0.15) is 17.7 Å². The van der Waals surface area contributed by atoms with Crippen LogP contribution in [0.3, 0.4) is 0 Å². The predicted octanol–water partition coefficient (Wildman–Crippen LogP) is 3.97. The van der Waals surface area contributed by atoms with Crippen LogP contribution >= 0.6 is 11.8 Å². The van der Waals surface area contributed by atoms with Gasteiger partial charge in [0.05, 0.1) is 0 Å². The van der Waals surface area contributed by atoms with Crippen LogP contribution in [0.2, 0.25) is 0 Å². The molecule has 0 aliphatic rings. The molecule has 0 saturated heterocycles. The van der Waals surface area contributed by atoms with Crippen LogP contribution < -0.4 is 0 Å². The van der Waals surface area contributed by atoms with Gasteiger partial charge in [0.15, 0.2) is 0 Å². The summed E-state index contributed by atoms with van der Waals surface area (Å²) in [5.41, 5.74) is 1.27. The number of hydrogen-bond acceptors (Lipinski definition) is 4. The van der Waals surface area contributed by atoms with Gasteiger partial charge in [0.25, 0.3) is 0 Å². The van der Waals surface area contributed by atoms with Crippen molar-refractivity contribution in [2.24, 2.45) is 0 Å². The van der Waals surface area contributed by atoms with E-state index in [2.05, 4.69) is 24.5 Å². The van der Waals surface area contributed by atoms with E-state index in [0.717, 1.165) is 11.4 Å². The highest BCUT2D eigenvalue weighted by molar-refractivity contribution is 8.06. The molecule has 19 heavy (non-hydrogen) atoms. The molecule has 0 amide bonds. The van der Waals surface area contributed by atoms with Gasteiger partial charge in [0, 0.05) is 29.1 Å². The van der Waals surface area contributed by atoms with Crippen molar-refractivity contribution in [3.63, 3.8) is 0 Å². The van der Waals surface area contributed by atoms with Crippen LogP contribution in [-0.2, 0) is 0 Å². The highest BCUT2D eigenvalue weighted by Gasteiger charge is 2.05. The first kappa shape index (κ1) is 17.1. The lowest BCUT2D eigenvalue weighted by Crippen LogP contribution is -2.17. The van der Waals surface area contributed by atoms with Crippen LogP contribution in [0.15, 0.2) is 45.9 Å². The van der Waals surface area contributed by atoms with Gasteiger partial charge in [0.2, 0.25) is 0 Å². The van der Waals surface area contributed by atoms with E-state index in [9.17, 15) is 0 Å². The molecule has 0 spiro atoms. The third kappa shape index (κ3) is 6.55. The topological polar surface area (TPSA) is 50.8 Å². The van der Waals surface area contributed by atoms with Crippen molar-refractivity contribution < 1.29 is 0 Å². The fraction of sp³-hybridized carbons (Fsp3) is 0.333. The largest absolute Gasteiger partial charge is 0.374 e. The molecule has 0 atom stereocenters. The number of thioether (sulfide) groups is 1. The fourth-order valence-corrected chi connectivity index (χ4v) is 2.10. The lowest BCUT2D eigenvalue weighted by atomic mass is 10.3. The number of likely N-dealkylation sites (N-methyl/N-ethyl adjacent to an activating group) is 1. The number of rotatable bonds is 6. The zero-order chi connectivity index (χ0) is 14.8. The Morgan fingerprint density at radius 2 is 1.84 bits per heavy atom. The Hall–Kier alpha value is -1.91. The monoisotopic (exact) mass is 273 g/mol. The summed E-state index contributed by atoms with van der Waals surface area (Å²) < 4.78 is 0. The Balaban J connectivity index is 4.71. The molecule has 3 nitrogen and oxygen atoms in total. The molecule has 0 unspecified atom stereocenters. The van der Waals surface area contributed by atoms with E-state index in [4.69, 9.17) is 10.5 Å². The van der Waals surface area contributed by atoms with Gasteiger partial charge in [-0.2, -0.15) is 10.5 Å². The number of hydrogen-bond donors (Lipinski definition) is 0. The zero-order valence-electron chi connectivity index (χ0n) is 11.9. The third-order valence-corrected chi connectivity index (χ3v) is 3.55. The first-order valence-electron chi connectivity index (χ1n) is 5.86. The maximum absolute atomic E-state index is 8.69. The lowest BCUT2D eigenvalue weighted by molar-refractivity contribution is 0.461. The van der Waals surface area contributed by atoms with Crippen molar-refractivity contribution in [1.82, 2.24) is 4.90 Å². The van der Waals surface area contributed by atoms with E-state index in [1.807, 2.05) is 39.1 Å².